The average Bonchev–Trinajstić information content (AvgIpc) is 3.11. The Bertz CT molecular complexity index is 718. The maximum atomic E-state index is 11.8. The molecule has 124 valence electrons. The molecular formula is C14H19N5O2S2. The molecule has 2 aromatic heterocycles. The lowest BCUT2D eigenvalue weighted by atomic mass is 10.1. The number of H-pyrrole nitrogens is 1. The molecule has 2 amide bonds. The number of aromatic nitrogens is 3. The van der Waals surface area contributed by atoms with Gasteiger partial charge in [-0.25, -0.2) is 0 Å². The summed E-state index contributed by atoms with van der Waals surface area (Å²) in [6, 6.07) is 3.87. The first-order valence-corrected chi connectivity index (χ1v) is 8.53. The fourth-order valence-corrected chi connectivity index (χ4v) is 2.90. The highest BCUT2D eigenvalue weighted by molar-refractivity contribution is 7.71. The smallest absolute Gasteiger partial charge is 0.240 e. The SMILES string of the molecule is CC(C)CC(=O)NNC(=O)CCn1c(-c2cccs2)n[nH]c1=S. The van der Waals surface area contributed by atoms with Gasteiger partial charge in [-0.2, -0.15) is 5.10 Å². The van der Waals surface area contributed by atoms with Crippen molar-refractivity contribution in [2.45, 2.75) is 33.2 Å². The van der Waals surface area contributed by atoms with Crippen LogP contribution in [0, 0.1) is 10.7 Å². The predicted molar refractivity (Wildman–Crippen MR) is 91.1 cm³/mol. The Morgan fingerprint density at radius 3 is 2.78 bits per heavy atom. The van der Waals surface area contributed by atoms with Crippen LogP contribution in [0.1, 0.15) is 26.7 Å². The third kappa shape index (κ3) is 5.00. The fourth-order valence-electron chi connectivity index (χ4n) is 1.96. The van der Waals surface area contributed by atoms with Gasteiger partial charge in [0, 0.05) is 19.4 Å². The van der Waals surface area contributed by atoms with Crippen molar-refractivity contribution in [1.82, 2.24) is 25.6 Å². The quantitative estimate of drug-likeness (QED) is 0.549. The molecule has 0 saturated carbocycles. The van der Waals surface area contributed by atoms with Gasteiger partial charge in [-0.3, -0.25) is 30.1 Å². The summed E-state index contributed by atoms with van der Waals surface area (Å²) in [5.74, 6) is 0.473. The second-order valence-electron chi connectivity index (χ2n) is 5.43. The van der Waals surface area contributed by atoms with Crippen molar-refractivity contribution < 1.29 is 9.59 Å². The number of thiophene rings is 1. The van der Waals surface area contributed by atoms with Crippen molar-refractivity contribution in [3.8, 4) is 10.7 Å². The molecule has 0 aliphatic heterocycles. The van der Waals surface area contributed by atoms with Gasteiger partial charge in [0.25, 0.3) is 0 Å². The number of hydrazine groups is 1. The summed E-state index contributed by atoms with van der Waals surface area (Å²) in [6.07, 6.45) is 0.559. The average molecular weight is 353 g/mol. The highest BCUT2D eigenvalue weighted by Crippen LogP contribution is 2.22. The van der Waals surface area contributed by atoms with E-state index < -0.39 is 0 Å². The Morgan fingerprint density at radius 2 is 2.13 bits per heavy atom. The van der Waals surface area contributed by atoms with Crippen molar-refractivity contribution in [3.05, 3.63) is 22.3 Å². The van der Waals surface area contributed by atoms with Gasteiger partial charge in [0.1, 0.15) is 0 Å². The molecule has 7 nitrogen and oxygen atoms in total. The number of carbonyl (C=O) groups is 2. The fraction of sp³-hybridized carbons (Fsp3) is 0.429. The number of aromatic amines is 1. The summed E-state index contributed by atoms with van der Waals surface area (Å²) in [5.41, 5.74) is 4.82. The zero-order valence-electron chi connectivity index (χ0n) is 13.0. The van der Waals surface area contributed by atoms with Crippen molar-refractivity contribution in [3.63, 3.8) is 0 Å². The molecule has 3 N–H and O–H groups in total. The van der Waals surface area contributed by atoms with E-state index in [1.165, 1.54) is 0 Å². The van der Waals surface area contributed by atoms with E-state index in [0.717, 1.165) is 4.88 Å². The van der Waals surface area contributed by atoms with Crippen molar-refractivity contribution >= 4 is 35.4 Å². The minimum Gasteiger partial charge on any atom is -0.299 e. The third-order valence-electron chi connectivity index (χ3n) is 3.00. The molecule has 0 radical (unpaired) electrons. The Labute approximate surface area is 143 Å². The van der Waals surface area contributed by atoms with Crippen LogP contribution >= 0.6 is 23.6 Å². The summed E-state index contributed by atoms with van der Waals surface area (Å²) in [5, 5.41) is 8.89. The molecule has 0 saturated heterocycles. The van der Waals surface area contributed by atoms with Crippen LogP contribution in [0.2, 0.25) is 0 Å². The topological polar surface area (TPSA) is 91.8 Å². The highest BCUT2D eigenvalue weighted by atomic mass is 32.1. The van der Waals surface area contributed by atoms with Crippen LogP contribution in [0.25, 0.3) is 10.7 Å². The zero-order chi connectivity index (χ0) is 16.8. The minimum atomic E-state index is -0.276. The van der Waals surface area contributed by atoms with E-state index in [0.29, 0.717) is 23.6 Å². The number of carbonyl (C=O) groups excluding carboxylic acids is 2. The predicted octanol–water partition coefficient (Wildman–Crippen LogP) is 2.25. The lowest BCUT2D eigenvalue weighted by Gasteiger charge is -2.09. The van der Waals surface area contributed by atoms with E-state index in [-0.39, 0.29) is 24.2 Å². The van der Waals surface area contributed by atoms with E-state index in [2.05, 4.69) is 21.0 Å². The molecule has 0 spiro atoms. The highest BCUT2D eigenvalue weighted by Gasteiger charge is 2.12. The van der Waals surface area contributed by atoms with Crippen LogP contribution in [0.3, 0.4) is 0 Å². The van der Waals surface area contributed by atoms with Crippen molar-refractivity contribution in [2.75, 3.05) is 0 Å². The van der Waals surface area contributed by atoms with Crippen LogP contribution < -0.4 is 10.9 Å². The van der Waals surface area contributed by atoms with E-state index in [1.807, 2.05) is 31.4 Å². The monoisotopic (exact) mass is 353 g/mol. The summed E-state index contributed by atoms with van der Waals surface area (Å²) in [4.78, 5) is 24.3. The van der Waals surface area contributed by atoms with E-state index in [9.17, 15) is 9.59 Å². The molecule has 0 atom stereocenters. The standard InChI is InChI=1S/C14H19N5O2S2/c1-9(2)8-12(21)16-15-11(20)5-6-19-13(17-18-14(19)22)10-4-3-7-23-10/h3-4,7,9H,5-6,8H2,1-2H3,(H,15,20)(H,16,21)(H,18,22). The van der Waals surface area contributed by atoms with Crippen LogP contribution in [-0.4, -0.2) is 26.6 Å². The molecule has 23 heavy (non-hydrogen) atoms. The molecule has 2 rings (SSSR count). The Balaban J connectivity index is 1.89. The van der Waals surface area contributed by atoms with Crippen molar-refractivity contribution in [2.24, 2.45) is 5.92 Å². The third-order valence-corrected chi connectivity index (χ3v) is 4.17. The molecule has 0 fully saturated rings. The number of hydrogen-bond acceptors (Lipinski definition) is 5. The first-order valence-electron chi connectivity index (χ1n) is 7.24. The summed E-state index contributed by atoms with van der Waals surface area (Å²) in [7, 11) is 0. The number of nitrogens with zero attached hydrogens (tertiary/aromatic N) is 2. The normalized spacial score (nSPS) is 10.7. The van der Waals surface area contributed by atoms with Gasteiger partial charge >= 0.3 is 0 Å². The van der Waals surface area contributed by atoms with Gasteiger partial charge in [0.05, 0.1) is 4.88 Å². The van der Waals surface area contributed by atoms with Gasteiger partial charge in [-0.05, 0) is 29.6 Å². The van der Waals surface area contributed by atoms with E-state index in [4.69, 9.17) is 12.2 Å². The molecule has 0 aromatic carbocycles. The summed E-state index contributed by atoms with van der Waals surface area (Å²) >= 11 is 6.75. The van der Waals surface area contributed by atoms with Crippen molar-refractivity contribution in [1.29, 1.82) is 0 Å². The van der Waals surface area contributed by atoms with Crippen LogP contribution in [0.15, 0.2) is 17.5 Å². The molecule has 9 heteroatoms. The van der Waals surface area contributed by atoms with E-state index >= 15 is 0 Å². The van der Waals surface area contributed by atoms with Gasteiger partial charge in [0.15, 0.2) is 10.6 Å². The zero-order valence-corrected chi connectivity index (χ0v) is 14.6. The van der Waals surface area contributed by atoms with Crippen LogP contribution in [-0.2, 0) is 16.1 Å². The Morgan fingerprint density at radius 1 is 1.39 bits per heavy atom. The minimum absolute atomic E-state index is 0.189. The Hall–Kier alpha value is -2.00. The summed E-state index contributed by atoms with van der Waals surface area (Å²) < 4.78 is 2.24. The molecule has 2 aromatic rings. The number of amides is 2. The maximum absolute atomic E-state index is 11.8. The summed E-state index contributed by atoms with van der Waals surface area (Å²) in [6.45, 7) is 4.26. The lowest BCUT2D eigenvalue weighted by molar-refractivity contribution is -0.129. The second kappa shape index (κ2) is 8.02. The van der Waals surface area contributed by atoms with Gasteiger partial charge in [-0.1, -0.05) is 19.9 Å². The molecule has 0 aliphatic carbocycles. The first-order chi connectivity index (χ1) is 11.0. The van der Waals surface area contributed by atoms with Gasteiger partial charge in [-0.15, -0.1) is 11.3 Å². The maximum Gasteiger partial charge on any atom is 0.240 e. The molecule has 2 heterocycles. The lowest BCUT2D eigenvalue weighted by Crippen LogP contribution is -2.42. The number of hydrogen-bond donors (Lipinski definition) is 3. The van der Waals surface area contributed by atoms with Crippen LogP contribution in [0.4, 0.5) is 0 Å². The van der Waals surface area contributed by atoms with E-state index in [1.54, 1.807) is 15.9 Å². The molecule has 0 aliphatic rings. The van der Waals surface area contributed by atoms with Crippen LogP contribution in [0.5, 0.6) is 0 Å². The first kappa shape index (κ1) is 17.4. The largest absolute Gasteiger partial charge is 0.299 e. The number of rotatable bonds is 6. The molecule has 0 bridgehead atoms. The second-order valence-corrected chi connectivity index (χ2v) is 6.76. The Kier molecular flexibility index (Phi) is 6.05. The molecular weight excluding hydrogens is 334 g/mol. The number of nitrogens with one attached hydrogen (secondary N) is 3. The van der Waals surface area contributed by atoms with Gasteiger partial charge in [0.2, 0.25) is 11.8 Å². The van der Waals surface area contributed by atoms with Gasteiger partial charge < -0.3 is 0 Å². The molecule has 0 unspecified atom stereocenters.